The average Bonchev–Trinajstić information content (AvgIpc) is 2.29. The molecule has 102 valence electrons. The molecule has 0 heterocycles. The van der Waals surface area contributed by atoms with Crippen LogP contribution < -0.4 is 10.6 Å². The van der Waals surface area contributed by atoms with Crippen LogP contribution in [0.2, 0.25) is 10.0 Å². The SMILES string of the molecule is CCN[C@H](C)CNC(=O)c1cc(Cl)ccc1Cl.Cl. The van der Waals surface area contributed by atoms with Crippen LogP contribution in [0.4, 0.5) is 0 Å². The zero-order chi connectivity index (χ0) is 12.8. The third-order valence-corrected chi connectivity index (χ3v) is 2.86. The molecule has 0 saturated carbocycles. The Morgan fingerprint density at radius 1 is 1.39 bits per heavy atom. The Bertz CT molecular complexity index is 399. The Labute approximate surface area is 124 Å². The molecule has 1 amide bonds. The zero-order valence-corrected chi connectivity index (χ0v) is 12.6. The Kier molecular flexibility index (Phi) is 8.36. The van der Waals surface area contributed by atoms with Gasteiger partial charge in [-0.25, -0.2) is 0 Å². The molecular weight excluding hydrogens is 295 g/mol. The summed E-state index contributed by atoms with van der Waals surface area (Å²) in [5.74, 6) is -0.206. The fourth-order valence-electron chi connectivity index (χ4n) is 1.43. The summed E-state index contributed by atoms with van der Waals surface area (Å²) in [6.45, 7) is 5.44. The van der Waals surface area contributed by atoms with Crippen molar-refractivity contribution in [3.05, 3.63) is 33.8 Å². The second-order valence-electron chi connectivity index (χ2n) is 3.79. The van der Waals surface area contributed by atoms with Crippen molar-refractivity contribution < 1.29 is 4.79 Å². The molecule has 0 aliphatic heterocycles. The van der Waals surface area contributed by atoms with Gasteiger partial charge in [-0.15, -0.1) is 12.4 Å². The Hall–Kier alpha value is -0.480. The van der Waals surface area contributed by atoms with Crippen molar-refractivity contribution >= 4 is 41.5 Å². The number of amides is 1. The van der Waals surface area contributed by atoms with E-state index in [4.69, 9.17) is 23.2 Å². The minimum Gasteiger partial charge on any atom is -0.350 e. The van der Waals surface area contributed by atoms with E-state index in [1.807, 2.05) is 13.8 Å². The van der Waals surface area contributed by atoms with Gasteiger partial charge in [0.15, 0.2) is 0 Å². The van der Waals surface area contributed by atoms with Gasteiger partial charge >= 0.3 is 0 Å². The van der Waals surface area contributed by atoms with Crippen LogP contribution in [0, 0.1) is 0 Å². The van der Waals surface area contributed by atoms with Crippen molar-refractivity contribution in [2.75, 3.05) is 13.1 Å². The highest BCUT2D eigenvalue weighted by molar-refractivity contribution is 6.35. The first kappa shape index (κ1) is 17.5. The third kappa shape index (κ3) is 5.44. The van der Waals surface area contributed by atoms with Crippen molar-refractivity contribution in [2.24, 2.45) is 0 Å². The van der Waals surface area contributed by atoms with Crippen LogP contribution in [-0.4, -0.2) is 25.0 Å². The van der Waals surface area contributed by atoms with Crippen LogP contribution >= 0.6 is 35.6 Å². The summed E-state index contributed by atoms with van der Waals surface area (Å²) in [6.07, 6.45) is 0. The van der Waals surface area contributed by atoms with Crippen LogP contribution in [0.3, 0.4) is 0 Å². The van der Waals surface area contributed by atoms with Crippen molar-refractivity contribution in [3.8, 4) is 0 Å². The highest BCUT2D eigenvalue weighted by Crippen LogP contribution is 2.20. The summed E-state index contributed by atoms with van der Waals surface area (Å²) in [5, 5.41) is 6.92. The third-order valence-electron chi connectivity index (χ3n) is 2.29. The minimum atomic E-state index is -0.206. The van der Waals surface area contributed by atoms with Crippen LogP contribution in [0.5, 0.6) is 0 Å². The highest BCUT2D eigenvalue weighted by atomic mass is 35.5. The van der Waals surface area contributed by atoms with E-state index in [9.17, 15) is 4.79 Å². The molecule has 6 heteroatoms. The van der Waals surface area contributed by atoms with Gasteiger partial charge in [0.25, 0.3) is 5.91 Å². The second-order valence-corrected chi connectivity index (χ2v) is 4.64. The molecule has 0 spiro atoms. The lowest BCUT2D eigenvalue weighted by atomic mass is 10.2. The lowest BCUT2D eigenvalue weighted by molar-refractivity contribution is 0.0950. The molecule has 2 N–H and O–H groups in total. The molecule has 18 heavy (non-hydrogen) atoms. The Morgan fingerprint density at radius 2 is 2.06 bits per heavy atom. The van der Waals surface area contributed by atoms with Crippen molar-refractivity contribution in [1.82, 2.24) is 10.6 Å². The van der Waals surface area contributed by atoms with E-state index < -0.39 is 0 Å². The summed E-state index contributed by atoms with van der Waals surface area (Å²) >= 11 is 11.8. The molecule has 1 aromatic rings. The summed E-state index contributed by atoms with van der Waals surface area (Å²) in [5.41, 5.74) is 0.405. The van der Waals surface area contributed by atoms with E-state index in [0.29, 0.717) is 22.2 Å². The molecule has 1 aromatic carbocycles. The first-order valence-corrected chi connectivity index (χ1v) is 6.26. The molecule has 0 aliphatic rings. The number of hydrogen-bond acceptors (Lipinski definition) is 2. The van der Waals surface area contributed by atoms with Gasteiger partial charge in [0, 0.05) is 17.6 Å². The maximum absolute atomic E-state index is 11.8. The summed E-state index contributed by atoms with van der Waals surface area (Å²) in [4.78, 5) is 11.8. The van der Waals surface area contributed by atoms with Gasteiger partial charge in [-0.05, 0) is 31.7 Å². The Morgan fingerprint density at radius 3 is 2.67 bits per heavy atom. The molecular formula is C12H17Cl3N2O. The lowest BCUT2D eigenvalue weighted by Crippen LogP contribution is -2.38. The van der Waals surface area contributed by atoms with E-state index >= 15 is 0 Å². The monoisotopic (exact) mass is 310 g/mol. The normalized spacial score (nSPS) is 11.6. The molecule has 0 aromatic heterocycles. The quantitative estimate of drug-likeness (QED) is 0.877. The van der Waals surface area contributed by atoms with E-state index in [0.717, 1.165) is 6.54 Å². The van der Waals surface area contributed by atoms with Crippen molar-refractivity contribution in [1.29, 1.82) is 0 Å². The molecule has 0 fully saturated rings. The van der Waals surface area contributed by atoms with Crippen LogP contribution in [0.15, 0.2) is 18.2 Å². The van der Waals surface area contributed by atoms with Crippen LogP contribution in [-0.2, 0) is 0 Å². The van der Waals surface area contributed by atoms with Crippen molar-refractivity contribution in [2.45, 2.75) is 19.9 Å². The first-order valence-electron chi connectivity index (χ1n) is 5.51. The van der Waals surface area contributed by atoms with E-state index in [1.54, 1.807) is 18.2 Å². The molecule has 0 aliphatic carbocycles. The number of carbonyl (C=O) groups is 1. The minimum absolute atomic E-state index is 0. The van der Waals surface area contributed by atoms with Gasteiger partial charge in [0.05, 0.1) is 10.6 Å². The molecule has 0 unspecified atom stereocenters. The number of likely N-dealkylation sites (N-methyl/N-ethyl adjacent to an activating group) is 1. The second kappa shape index (κ2) is 8.59. The maximum atomic E-state index is 11.8. The average molecular weight is 312 g/mol. The van der Waals surface area contributed by atoms with E-state index in [-0.39, 0.29) is 24.4 Å². The molecule has 1 atom stereocenters. The molecule has 0 bridgehead atoms. The summed E-state index contributed by atoms with van der Waals surface area (Å²) in [7, 11) is 0. The number of hydrogen-bond donors (Lipinski definition) is 2. The summed E-state index contributed by atoms with van der Waals surface area (Å²) < 4.78 is 0. The topological polar surface area (TPSA) is 41.1 Å². The number of halogens is 3. The van der Waals surface area contributed by atoms with E-state index in [1.165, 1.54) is 0 Å². The first-order chi connectivity index (χ1) is 8.04. The predicted octanol–water partition coefficient (Wildman–Crippen LogP) is 3.14. The van der Waals surface area contributed by atoms with Gasteiger partial charge in [-0.3, -0.25) is 4.79 Å². The van der Waals surface area contributed by atoms with Crippen LogP contribution in [0.1, 0.15) is 24.2 Å². The maximum Gasteiger partial charge on any atom is 0.252 e. The smallest absolute Gasteiger partial charge is 0.252 e. The molecule has 3 nitrogen and oxygen atoms in total. The fourth-order valence-corrected chi connectivity index (χ4v) is 1.81. The standard InChI is InChI=1S/C12H16Cl2N2O.ClH/c1-3-15-8(2)7-16-12(17)10-6-9(13)4-5-11(10)14;/h4-6,8,15H,3,7H2,1-2H3,(H,16,17);1H/t8-;/m1./s1. The Balaban J connectivity index is 0.00000289. The summed E-state index contributed by atoms with van der Waals surface area (Å²) in [6, 6.07) is 5.06. The number of nitrogens with one attached hydrogen (secondary N) is 2. The predicted molar refractivity (Wildman–Crippen MR) is 79.2 cm³/mol. The van der Waals surface area contributed by atoms with Crippen LogP contribution in [0.25, 0.3) is 0 Å². The van der Waals surface area contributed by atoms with E-state index in [2.05, 4.69) is 10.6 Å². The number of rotatable bonds is 5. The highest BCUT2D eigenvalue weighted by Gasteiger charge is 2.11. The van der Waals surface area contributed by atoms with Gasteiger partial charge in [-0.2, -0.15) is 0 Å². The van der Waals surface area contributed by atoms with Crippen molar-refractivity contribution in [3.63, 3.8) is 0 Å². The van der Waals surface area contributed by atoms with Gasteiger partial charge in [0.2, 0.25) is 0 Å². The lowest BCUT2D eigenvalue weighted by Gasteiger charge is -2.13. The van der Waals surface area contributed by atoms with Gasteiger partial charge in [0.1, 0.15) is 0 Å². The van der Waals surface area contributed by atoms with Gasteiger partial charge in [-0.1, -0.05) is 30.1 Å². The number of carbonyl (C=O) groups excluding carboxylic acids is 1. The largest absolute Gasteiger partial charge is 0.350 e. The molecule has 1 rings (SSSR count). The fraction of sp³-hybridized carbons (Fsp3) is 0.417. The zero-order valence-electron chi connectivity index (χ0n) is 10.3. The molecule has 0 saturated heterocycles. The van der Waals surface area contributed by atoms with Gasteiger partial charge < -0.3 is 10.6 Å². The molecule has 0 radical (unpaired) electrons. The number of benzene rings is 1.